The number of halogens is 2. The molecule has 2 rings (SSSR count). The Morgan fingerprint density at radius 3 is 2.76 bits per heavy atom. The van der Waals surface area contributed by atoms with Crippen LogP contribution in [0.2, 0.25) is 0 Å². The maximum atomic E-state index is 11.9. The average molecular weight is 317 g/mol. The van der Waals surface area contributed by atoms with Gasteiger partial charge in [-0.3, -0.25) is 9.59 Å². The van der Waals surface area contributed by atoms with Crippen molar-refractivity contribution in [1.82, 2.24) is 0 Å². The van der Waals surface area contributed by atoms with Crippen molar-refractivity contribution in [3.8, 4) is 0 Å². The van der Waals surface area contributed by atoms with Gasteiger partial charge in [-0.15, -0.1) is 11.6 Å². The van der Waals surface area contributed by atoms with Crippen LogP contribution in [-0.4, -0.2) is 24.1 Å². The van der Waals surface area contributed by atoms with Crippen LogP contribution in [0.15, 0.2) is 22.7 Å². The Balaban J connectivity index is 2.42. The van der Waals surface area contributed by atoms with Gasteiger partial charge in [0, 0.05) is 16.9 Å². The minimum absolute atomic E-state index is 0.151. The quantitative estimate of drug-likeness (QED) is 0.635. The van der Waals surface area contributed by atoms with Crippen molar-refractivity contribution in [1.29, 1.82) is 0 Å². The summed E-state index contributed by atoms with van der Waals surface area (Å²) in [5.41, 5.74) is 1.13. The van der Waals surface area contributed by atoms with Crippen molar-refractivity contribution >= 4 is 44.9 Å². The second kappa shape index (κ2) is 4.78. The smallest absolute Gasteiger partial charge is 0.299 e. The number of hydrogen-bond donors (Lipinski definition) is 0. The Bertz CT molecular complexity index is 489. The molecule has 0 spiro atoms. The monoisotopic (exact) mass is 315 g/mol. The summed E-state index contributed by atoms with van der Waals surface area (Å²) in [6, 6.07) is 5.36. The standard InChI is InChI=1S/C12H11BrClNO2/c1-7(5-14)6-15-9-4-2-3-8(13)10(9)11(16)12(15)17/h2-4,7H,5-6H2,1H3. The van der Waals surface area contributed by atoms with E-state index in [2.05, 4.69) is 15.9 Å². The fourth-order valence-electron chi connectivity index (χ4n) is 1.84. The molecule has 5 heteroatoms. The summed E-state index contributed by atoms with van der Waals surface area (Å²) in [6.45, 7) is 2.41. The van der Waals surface area contributed by atoms with Crippen LogP contribution >= 0.6 is 27.5 Å². The van der Waals surface area contributed by atoms with Crippen LogP contribution in [0.25, 0.3) is 0 Å². The minimum atomic E-state index is -0.469. The van der Waals surface area contributed by atoms with Gasteiger partial charge < -0.3 is 4.90 Å². The van der Waals surface area contributed by atoms with Gasteiger partial charge in [0.1, 0.15) is 0 Å². The van der Waals surface area contributed by atoms with E-state index in [1.807, 2.05) is 13.0 Å². The van der Waals surface area contributed by atoms with E-state index in [1.165, 1.54) is 4.90 Å². The molecular formula is C12H11BrClNO2. The largest absolute Gasteiger partial charge is 0.304 e. The molecule has 0 bridgehead atoms. The van der Waals surface area contributed by atoms with Crippen molar-refractivity contribution in [2.24, 2.45) is 5.92 Å². The lowest BCUT2D eigenvalue weighted by molar-refractivity contribution is -0.114. The molecule has 0 aromatic heterocycles. The first-order valence-electron chi connectivity index (χ1n) is 5.27. The lowest BCUT2D eigenvalue weighted by Crippen LogP contribution is -2.34. The van der Waals surface area contributed by atoms with E-state index in [-0.39, 0.29) is 5.92 Å². The van der Waals surface area contributed by atoms with Gasteiger partial charge >= 0.3 is 0 Å². The molecule has 0 radical (unpaired) electrons. The van der Waals surface area contributed by atoms with Gasteiger partial charge in [0.25, 0.3) is 11.7 Å². The van der Waals surface area contributed by atoms with E-state index in [0.29, 0.717) is 28.1 Å². The molecule has 0 saturated heterocycles. The second-order valence-electron chi connectivity index (χ2n) is 4.14. The second-order valence-corrected chi connectivity index (χ2v) is 5.30. The minimum Gasteiger partial charge on any atom is -0.304 e. The Hall–Kier alpha value is -0.870. The van der Waals surface area contributed by atoms with Crippen molar-refractivity contribution in [3.05, 3.63) is 28.2 Å². The van der Waals surface area contributed by atoms with Gasteiger partial charge in [-0.05, 0) is 34.0 Å². The first kappa shape index (κ1) is 12.6. The molecule has 1 aromatic rings. The molecule has 1 aromatic carbocycles. The first-order chi connectivity index (χ1) is 8.06. The van der Waals surface area contributed by atoms with Crippen LogP contribution in [-0.2, 0) is 4.79 Å². The van der Waals surface area contributed by atoms with Crippen molar-refractivity contribution in [3.63, 3.8) is 0 Å². The highest BCUT2D eigenvalue weighted by Gasteiger charge is 2.37. The molecule has 1 amide bonds. The van der Waals surface area contributed by atoms with Crippen LogP contribution < -0.4 is 4.90 Å². The highest BCUT2D eigenvalue weighted by Crippen LogP contribution is 2.34. The van der Waals surface area contributed by atoms with Crippen LogP contribution in [0.5, 0.6) is 0 Å². The van der Waals surface area contributed by atoms with Crippen molar-refractivity contribution in [2.75, 3.05) is 17.3 Å². The lowest BCUT2D eigenvalue weighted by atomic mass is 10.1. The van der Waals surface area contributed by atoms with Crippen LogP contribution in [0.1, 0.15) is 17.3 Å². The maximum Gasteiger partial charge on any atom is 0.299 e. The topological polar surface area (TPSA) is 37.4 Å². The van der Waals surface area contributed by atoms with Gasteiger partial charge in [0.05, 0.1) is 11.3 Å². The first-order valence-corrected chi connectivity index (χ1v) is 6.59. The molecule has 1 unspecified atom stereocenters. The Labute approximate surface area is 113 Å². The van der Waals surface area contributed by atoms with Gasteiger partial charge in [-0.25, -0.2) is 0 Å². The number of carbonyl (C=O) groups is 2. The number of fused-ring (bicyclic) bond motifs is 1. The molecule has 0 N–H and O–H groups in total. The number of nitrogens with zero attached hydrogens (tertiary/aromatic N) is 1. The number of benzene rings is 1. The summed E-state index contributed by atoms with van der Waals surface area (Å²) >= 11 is 9.04. The number of ketones is 1. The fourth-order valence-corrected chi connectivity index (χ4v) is 2.48. The molecule has 3 nitrogen and oxygen atoms in total. The van der Waals surface area contributed by atoms with E-state index in [0.717, 1.165) is 0 Å². The zero-order valence-electron chi connectivity index (χ0n) is 9.24. The average Bonchev–Trinajstić information content (AvgIpc) is 2.55. The van der Waals surface area contributed by atoms with Crippen molar-refractivity contribution < 1.29 is 9.59 Å². The van der Waals surface area contributed by atoms with E-state index in [4.69, 9.17) is 11.6 Å². The molecule has 0 fully saturated rings. The van der Waals surface area contributed by atoms with E-state index < -0.39 is 11.7 Å². The number of hydrogen-bond acceptors (Lipinski definition) is 2. The number of alkyl halides is 1. The van der Waals surface area contributed by atoms with Crippen LogP contribution in [0.3, 0.4) is 0 Å². The predicted molar refractivity (Wildman–Crippen MR) is 70.7 cm³/mol. The number of rotatable bonds is 3. The highest BCUT2D eigenvalue weighted by molar-refractivity contribution is 9.10. The fraction of sp³-hybridized carbons (Fsp3) is 0.333. The van der Waals surface area contributed by atoms with Gasteiger partial charge in [-0.2, -0.15) is 0 Å². The summed E-state index contributed by atoms with van der Waals surface area (Å²) in [5, 5.41) is 0. The van der Waals surface area contributed by atoms with E-state index in [1.54, 1.807) is 12.1 Å². The number of anilines is 1. The molecule has 0 saturated carbocycles. The molecule has 1 aliphatic rings. The third kappa shape index (κ3) is 2.11. The summed E-state index contributed by atoms with van der Waals surface area (Å²) in [5.74, 6) is -0.308. The molecule has 1 heterocycles. The number of amides is 1. The SMILES string of the molecule is CC(CCl)CN1C(=O)C(=O)c2c(Br)cccc21. The summed E-state index contributed by atoms with van der Waals surface area (Å²) in [7, 11) is 0. The molecule has 1 atom stereocenters. The highest BCUT2D eigenvalue weighted by atomic mass is 79.9. The maximum absolute atomic E-state index is 11.9. The molecule has 1 aliphatic heterocycles. The summed E-state index contributed by atoms with van der Waals surface area (Å²) < 4.78 is 0.661. The Kier molecular flexibility index (Phi) is 3.54. The van der Waals surface area contributed by atoms with Crippen molar-refractivity contribution in [2.45, 2.75) is 6.92 Å². The molecular weight excluding hydrogens is 305 g/mol. The van der Waals surface area contributed by atoms with Crippen LogP contribution in [0.4, 0.5) is 5.69 Å². The number of carbonyl (C=O) groups excluding carboxylic acids is 2. The van der Waals surface area contributed by atoms with Crippen LogP contribution in [0, 0.1) is 5.92 Å². The van der Waals surface area contributed by atoms with Gasteiger partial charge in [0.15, 0.2) is 0 Å². The zero-order chi connectivity index (χ0) is 12.6. The third-order valence-electron chi connectivity index (χ3n) is 2.71. The predicted octanol–water partition coefficient (Wildman–Crippen LogP) is 2.85. The third-order valence-corrected chi connectivity index (χ3v) is 3.89. The van der Waals surface area contributed by atoms with Gasteiger partial charge in [-0.1, -0.05) is 13.0 Å². The number of Topliss-reactive ketones (excluding diaryl/α,β-unsaturated/α-hetero) is 1. The summed E-state index contributed by atoms with van der Waals surface area (Å²) in [4.78, 5) is 25.2. The molecule has 0 aliphatic carbocycles. The van der Waals surface area contributed by atoms with E-state index >= 15 is 0 Å². The van der Waals surface area contributed by atoms with Gasteiger partial charge in [0.2, 0.25) is 0 Å². The Morgan fingerprint density at radius 1 is 1.41 bits per heavy atom. The Morgan fingerprint density at radius 2 is 2.12 bits per heavy atom. The molecule has 17 heavy (non-hydrogen) atoms. The van der Waals surface area contributed by atoms with E-state index in [9.17, 15) is 9.59 Å². The normalized spacial score (nSPS) is 16.3. The molecule has 90 valence electrons. The zero-order valence-corrected chi connectivity index (χ0v) is 11.6. The summed E-state index contributed by atoms with van der Waals surface area (Å²) in [6.07, 6.45) is 0. The lowest BCUT2D eigenvalue weighted by Gasteiger charge is -2.19.